The van der Waals surface area contributed by atoms with Gasteiger partial charge in [0.05, 0.1) is 18.9 Å². The molecule has 102 valence electrons. The van der Waals surface area contributed by atoms with Gasteiger partial charge in [-0.1, -0.05) is 18.2 Å². The smallest absolute Gasteiger partial charge is 0.255 e. The van der Waals surface area contributed by atoms with Crippen molar-refractivity contribution in [1.82, 2.24) is 0 Å². The van der Waals surface area contributed by atoms with E-state index in [1.807, 2.05) is 43.3 Å². The molecule has 0 atom stereocenters. The molecule has 1 amide bonds. The van der Waals surface area contributed by atoms with Gasteiger partial charge in [-0.15, -0.1) is 0 Å². The molecule has 0 unspecified atom stereocenters. The maximum atomic E-state index is 12.3. The zero-order valence-corrected chi connectivity index (χ0v) is 12.7. The number of carbonyl (C=O) groups excluding carboxylic acids is 1. The number of benzene rings is 2. The lowest BCUT2D eigenvalue weighted by molar-refractivity contribution is 0.102. The van der Waals surface area contributed by atoms with Gasteiger partial charge in [-0.05, 0) is 57.7 Å². The van der Waals surface area contributed by atoms with Crippen LogP contribution in [0.4, 0.5) is 5.69 Å². The lowest BCUT2D eigenvalue weighted by Crippen LogP contribution is -2.12. The van der Waals surface area contributed by atoms with Crippen molar-refractivity contribution < 1.29 is 9.53 Å². The fourth-order valence-electron chi connectivity index (χ4n) is 2.25. The van der Waals surface area contributed by atoms with Crippen LogP contribution in [-0.4, -0.2) is 5.91 Å². The molecule has 0 fully saturated rings. The van der Waals surface area contributed by atoms with Crippen LogP contribution >= 0.6 is 15.9 Å². The van der Waals surface area contributed by atoms with Gasteiger partial charge in [0, 0.05) is 10.0 Å². The fourth-order valence-corrected chi connectivity index (χ4v) is 2.62. The lowest BCUT2D eigenvalue weighted by Gasteiger charge is -2.10. The minimum atomic E-state index is -0.106. The Balaban J connectivity index is 1.84. The molecule has 1 N–H and O–H groups in total. The van der Waals surface area contributed by atoms with Gasteiger partial charge in [-0.25, -0.2) is 0 Å². The molecule has 1 aliphatic heterocycles. The topological polar surface area (TPSA) is 38.3 Å². The standard InChI is InChI=1S/C16H14BrNO2/c1-10-3-2-4-14(15(10)17)18-16(19)11-5-6-12-8-20-9-13(12)7-11/h2-7H,8-9H2,1H3,(H,18,19). The molecule has 20 heavy (non-hydrogen) atoms. The van der Waals surface area contributed by atoms with E-state index in [4.69, 9.17) is 4.74 Å². The lowest BCUT2D eigenvalue weighted by atomic mass is 10.1. The van der Waals surface area contributed by atoms with Crippen molar-refractivity contribution in [2.75, 3.05) is 5.32 Å². The van der Waals surface area contributed by atoms with Crippen molar-refractivity contribution in [2.45, 2.75) is 20.1 Å². The van der Waals surface area contributed by atoms with Crippen molar-refractivity contribution in [3.63, 3.8) is 0 Å². The van der Waals surface area contributed by atoms with Crippen LogP contribution in [-0.2, 0) is 18.0 Å². The van der Waals surface area contributed by atoms with Crippen LogP contribution in [0.25, 0.3) is 0 Å². The molecule has 0 aromatic heterocycles. The Bertz CT molecular complexity index is 682. The Kier molecular flexibility index (Phi) is 3.59. The Labute approximate surface area is 126 Å². The van der Waals surface area contributed by atoms with Crippen molar-refractivity contribution in [3.05, 3.63) is 63.1 Å². The molecule has 2 aromatic rings. The SMILES string of the molecule is Cc1cccc(NC(=O)c2ccc3c(c2)COC3)c1Br. The molecule has 2 aromatic carbocycles. The molecular formula is C16H14BrNO2. The van der Waals surface area contributed by atoms with E-state index in [9.17, 15) is 4.79 Å². The number of rotatable bonds is 2. The normalized spacial score (nSPS) is 13.1. The molecule has 3 nitrogen and oxygen atoms in total. The second-order valence-electron chi connectivity index (χ2n) is 4.87. The summed E-state index contributed by atoms with van der Waals surface area (Å²) in [6.07, 6.45) is 0. The van der Waals surface area contributed by atoms with E-state index in [0.717, 1.165) is 21.3 Å². The average Bonchev–Trinajstić information content (AvgIpc) is 2.91. The highest BCUT2D eigenvalue weighted by molar-refractivity contribution is 9.10. The van der Waals surface area contributed by atoms with Crippen LogP contribution in [0, 0.1) is 6.92 Å². The summed E-state index contributed by atoms with van der Waals surface area (Å²) in [5, 5.41) is 2.93. The highest BCUT2D eigenvalue weighted by Gasteiger charge is 2.15. The Morgan fingerprint density at radius 3 is 2.85 bits per heavy atom. The van der Waals surface area contributed by atoms with Gasteiger partial charge in [-0.2, -0.15) is 0 Å². The number of hydrogen-bond acceptors (Lipinski definition) is 2. The predicted octanol–water partition coefficient (Wildman–Crippen LogP) is 4.04. The monoisotopic (exact) mass is 331 g/mol. The van der Waals surface area contributed by atoms with Crippen LogP contribution in [0.5, 0.6) is 0 Å². The van der Waals surface area contributed by atoms with Crippen LogP contribution in [0.2, 0.25) is 0 Å². The average molecular weight is 332 g/mol. The van der Waals surface area contributed by atoms with Gasteiger partial charge >= 0.3 is 0 Å². The number of amides is 1. The minimum absolute atomic E-state index is 0.106. The van der Waals surface area contributed by atoms with E-state index in [0.29, 0.717) is 18.8 Å². The van der Waals surface area contributed by atoms with Gasteiger partial charge in [0.15, 0.2) is 0 Å². The summed E-state index contributed by atoms with van der Waals surface area (Å²) in [4.78, 5) is 12.3. The van der Waals surface area contributed by atoms with Crippen LogP contribution in [0.1, 0.15) is 27.0 Å². The first-order valence-corrected chi connectivity index (χ1v) is 7.20. The Morgan fingerprint density at radius 1 is 1.20 bits per heavy atom. The third kappa shape index (κ3) is 2.49. The van der Waals surface area contributed by atoms with Crippen molar-refractivity contribution in [3.8, 4) is 0 Å². The third-order valence-corrected chi connectivity index (χ3v) is 4.48. The summed E-state index contributed by atoms with van der Waals surface area (Å²) < 4.78 is 6.28. The largest absolute Gasteiger partial charge is 0.372 e. The summed E-state index contributed by atoms with van der Waals surface area (Å²) in [6.45, 7) is 3.22. The van der Waals surface area contributed by atoms with E-state index in [2.05, 4.69) is 21.2 Å². The summed E-state index contributed by atoms with van der Waals surface area (Å²) in [5.41, 5.74) is 4.79. The first-order valence-electron chi connectivity index (χ1n) is 6.41. The number of nitrogens with one attached hydrogen (secondary N) is 1. The first-order chi connectivity index (χ1) is 9.65. The van der Waals surface area contributed by atoms with E-state index in [1.54, 1.807) is 0 Å². The molecule has 0 aliphatic carbocycles. The molecule has 0 radical (unpaired) electrons. The summed E-state index contributed by atoms with van der Waals surface area (Å²) in [7, 11) is 0. The van der Waals surface area contributed by atoms with E-state index in [1.165, 1.54) is 5.56 Å². The molecule has 0 saturated heterocycles. The highest BCUT2D eigenvalue weighted by atomic mass is 79.9. The second kappa shape index (κ2) is 5.38. The zero-order valence-electron chi connectivity index (χ0n) is 11.1. The molecule has 4 heteroatoms. The molecule has 0 bridgehead atoms. The summed E-state index contributed by atoms with van der Waals surface area (Å²) in [5.74, 6) is -0.106. The van der Waals surface area contributed by atoms with Gasteiger partial charge in [-0.3, -0.25) is 4.79 Å². The summed E-state index contributed by atoms with van der Waals surface area (Å²) in [6, 6.07) is 11.5. The van der Waals surface area contributed by atoms with E-state index >= 15 is 0 Å². The Hall–Kier alpha value is -1.65. The molecule has 3 rings (SSSR count). The quantitative estimate of drug-likeness (QED) is 0.901. The maximum Gasteiger partial charge on any atom is 0.255 e. The molecule has 0 saturated carbocycles. The second-order valence-corrected chi connectivity index (χ2v) is 5.66. The van der Waals surface area contributed by atoms with Crippen LogP contribution in [0.3, 0.4) is 0 Å². The van der Waals surface area contributed by atoms with Crippen LogP contribution < -0.4 is 5.32 Å². The molecular weight excluding hydrogens is 318 g/mol. The first kappa shape index (κ1) is 13.3. The highest BCUT2D eigenvalue weighted by Crippen LogP contribution is 2.27. The molecule has 0 spiro atoms. The van der Waals surface area contributed by atoms with Crippen LogP contribution in [0.15, 0.2) is 40.9 Å². The van der Waals surface area contributed by atoms with Gasteiger partial charge < -0.3 is 10.1 Å². The van der Waals surface area contributed by atoms with Gasteiger partial charge in [0.25, 0.3) is 5.91 Å². The number of halogens is 1. The van der Waals surface area contributed by atoms with Gasteiger partial charge in [0.2, 0.25) is 0 Å². The number of hydrogen-bond donors (Lipinski definition) is 1. The van der Waals surface area contributed by atoms with Crippen molar-refractivity contribution in [2.24, 2.45) is 0 Å². The van der Waals surface area contributed by atoms with Gasteiger partial charge in [0.1, 0.15) is 0 Å². The number of carbonyl (C=O) groups is 1. The van der Waals surface area contributed by atoms with Crippen molar-refractivity contribution >= 4 is 27.5 Å². The molecule has 1 heterocycles. The number of aryl methyl sites for hydroxylation is 1. The number of fused-ring (bicyclic) bond motifs is 1. The number of ether oxygens (including phenoxy) is 1. The van der Waals surface area contributed by atoms with E-state index < -0.39 is 0 Å². The maximum absolute atomic E-state index is 12.3. The molecule has 1 aliphatic rings. The zero-order chi connectivity index (χ0) is 14.1. The third-order valence-electron chi connectivity index (χ3n) is 3.42. The van der Waals surface area contributed by atoms with Crippen molar-refractivity contribution in [1.29, 1.82) is 0 Å². The number of anilines is 1. The predicted molar refractivity (Wildman–Crippen MR) is 81.8 cm³/mol. The fraction of sp³-hybridized carbons (Fsp3) is 0.188. The minimum Gasteiger partial charge on any atom is -0.372 e. The Morgan fingerprint density at radius 2 is 2.00 bits per heavy atom. The van der Waals surface area contributed by atoms with E-state index in [-0.39, 0.29) is 5.91 Å². The summed E-state index contributed by atoms with van der Waals surface area (Å²) >= 11 is 3.50.